The van der Waals surface area contributed by atoms with E-state index in [-0.39, 0.29) is 12.3 Å². The van der Waals surface area contributed by atoms with Gasteiger partial charge in [0.15, 0.2) is 6.61 Å². The number of carbonyl (C=O) groups excluding carboxylic acids is 1. The van der Waals surface area contributed by atoms with Gasteiger partial charge in [-0.2, -0.15) is 0 Å². The first-order valence-corrected chi connectivity index (χ1v) is 8.30. The second kappa shape index (κ2) is 7.99. The zero-order chi connectivity index (χ0) is 17.7. The van der Waals surface area contributed by atoms with Crippen molar-refractivity contribution < 1.29 is 19.4 Å². The minimum atomic E-state index is -1.21. The summed E-state index contributed by atoms with van der Waals surface area (Å²) >= 11 is 7.45. The monoisotopic (exact) mass is 365 g/mol. The van der Waals surface area contributed by atoms with Gasteiger partial charge in [0.05, 0.1) is 0 Å². The number of carbonyl (C=O) groups is 2. The lowest BCUT2D eigenvalue weighted by Crippen LogP contribution is -2.31. The molecule has 0 radical (unpaired) electrons. The van der Waals surface area contributed by atoms with Gasteiger partial charge in [0.2, 0.25) is 0 Å². The molecule has 1 aromatic carbocycles. The average Bonchev–Trinajstić information content (AvgIpc) is 3.02. The SMILES string of the molecule is Cc1cc(OCC(=O)N/C(=C/c2cccs2)C(=O)O)cc(C)c1Cl. The molecule has 2 rings (SSSR count). The minimum Gasteiger partial charge on any atom is -0.484 e. The Bertz CT molecular complexity index is 761. The molecule has 0 fully saturated rings. The summed E-state index contributed by atoms with van der Waals surface area (Å²) in [7, 11) is 0. The van der Waals surface area contributed by atoms with Crippen LogP contribution in [-0.4, -0.2) is 23.6 Å². The molecule has 0 aliphatic rings. The second-order valence-corrected chi connectivity index (χ2v) is 6.44. The number of nitrogens with one attached hydrogen (secondary N) is 1. The van der Waals surface area contributed by atoms with Gasteiger partial charge in [0.1, 0.15) is 11.4 Å². The van der Waals surface area contributed by atoms with Gasteiger partial charge >= 0.3 is 5.97 Å². The van der Waals surface area contributed by atoms with Crippen LogP contribution in [0.2, 0.25) is 5.02 Å². The van der Waals surface area contributed by atoms with E-state index < -0.39 is 11.9 Å². The predicted octanol–water partition coefficient (Wildman–Crippen LogP) is 3.64. The molecule has 0 saturated carbocycles. The normalized spacial score (nSPS) is 11.2. The maximum Gasteiger partial charge on any atom is 0.352 e. The number of amides is 1. The van der Waals surface area contributed by atoms with Crippen LogP contribution in [-0.2, 0) is 9.59 Å². The first-order valence-electron chi connectivity index (χ1n) is 7.04. The fraction of sp³-hybridized carbons (Fsp3) is 0.176. The number of hydrogen-bond acceptors (Lipinski definition) is 4. The Hall–Kier alpha value is -2.31. The van der Waals surface area contributed by atoms with Crippen molar-refractivity contribution in [2.45, 2.75) is 13.8 Å². The van der Waals surface area contributed by atoms with E-state index in [9.17, 15) is 14.7 Å². The summed E-state index contributed by atoms with van der Waals surface area (Å²) in [6.07, 6.45) is 1.40. The molecule has 0 aliphatic heterocycles. The molecule has 1 aromatic heterocycles. The molecule has 0 aliphatic carbocycles. The molecule has 5 nitrogen and oxygen atoms in total. The molecule has 0 saturated heterocycles. The van der Waals surface area contributed by atoms with Crippen LogP contribution in [0.3, 0.4) is 0 Å². The lowest BCUT2D eigenvalue weighted by atomic mass is 10.1. The Labute approximate surface area is 148 Å². The van der Waals surface area contributed by atoms with Crippen LogP contribution in [0.25, 0.3) is 6.08 Å². The lowest BCUT2D eigenvalue weighted by molar-refractivity contribution is -0.134. The summed E-state index contributed by atoms with van der Waals surface area (Å²) in [6.45, 7) is 3.39. The highest BCUT2D eigenvalue weighted by Crippen LogP contribution is 2.25. The Kier molecular flexibility index (Phi) is 6.00. The lowest BCUT2D eigenvalue weighted by Gasteiger charge is -2.10. The van der Waals surface area contributed by atoms with Crippen molar-refractivity contribution in [1.29, 1.82) is 0 Å². The third-order valence-electron chi connectivity index (χ3n) is 3.11. The summed E-state index contributed by atoms with van der Waals surface area (Å²) in [5.41, 5.74) is 1.49. The van der Waals surface area contributed by atoms with Crippen molar-refractivity contribution in [3.63, 3.8) is 0 Å². The van der Waals surface area contributed by atoms with Crippen LogP contribution in [0, 0.1) is 13.8 Å². The standard InChI is InChI=1S/C17H16ClNO4S/c1-10-6-12(7-11(2)16(10)18)23-9-15(20)19-14(17(21)22)8-13-4-3-5-24-13/h3-8H,9H2,1-2H3,(H,19,20)(H,21,22)/b14-8+. The van der Waals surface area contributed by atoms with E-state index in [2.05, 4.69) is 5.32 Å². The topological polar surface area (TPSA) is 75.6 Å². The maximum absolute atomic E-state index is 11.9. The maximum atomic E-state index is 11.9. The van der Waals surface area contributed by atoms with Gasteiger partial charge < -0.3 is 15.2 Å². The summed E-state index contributed by atoms with van der Waals surface area (Å²) < 4.78 is 5.41. The summed E-state index contributed by atoms with van der Waals surface area (Å²) in [6, 6.07) is 7.01. The molecule has 2 N–H and O–H groups in total. The van der Waals surface area contributed by atoms with E-state index in [1.54, 1.807) is 24.3 Å². The third-order valence-corrected chi connectivity index (χ3v) is 4.53. The van der Waals surface area contributed by atoms with Crippen LogP contribution < -0.4 is 10.1 Å². The molecular formula is C17H16ClNO4S. The van der Waals surface area contributed by atoms with Gasteiger partial charge in [0, 0.05) is 9.90 Å². The van der Waals surface area contributed by atoms with Crippen molar-refractivity contribution in [2.24, 2.45) is 0 Å². The average molecular weight is 366 g/mol. The molecule has 2 aromatic rings. The van der Waals surface area contributed by atoms with Gasteiger partial charge in [-0.1, -0.05) is 17.7 Å². The minimum absolute atomic E-state index is 0.200. The highest BCUT2D eigenvalue weighted by atomic mass is 35.5. The Morgan fingerprint density at radius 1 is 1.33 bits per heavy atom. The van der Waals surface area contributed by atoms with E-state index in [1.807, 2.05) is 19.2 Å². The number of carboxylic acid groups (broad SMARTS) is 1. The van der Waals surface area contributed by atoms with Crippen LogP contribution >= 0.6 is 22.9 Å². The first kappa shape index (κ1) is 18.0. The van der Waals surface area contributed by atoms with Crippen LogP contribution in [0.1, 0.15) is 16.0 Å². The number of aliphatic carboxylic acids is 1. The van der Waals surface area contributed by atoms with Gasteiger partial charge in [-0.25, -0.2) is 4.79 Å². The fourth-order valence-corrected chi connectivity index (χ4v) is 2.76. The van der Waals surface area contributed by atoms with E-state index in [0.717, 1.165) is 16.0 Å². The molecule has 1 amide bonds. The van der Waals surface area contributed by atoms with Gasteiger partial charge in [0.25, 0.3) is 5.91 Å². The number of aryl methyl sites for hydroxylation is 2. The van der Waals surface area contributed by atoms with Crippen LogP contribution in [0.5, 0.6) is 5.75 Å². The largest absolute Gasteiger partial charge is 0.484 e. The Morgan fingerprint density at radius 2 is 2.00 bits per heavy atom. The van der Waals surface area contributed by atoms with Crippen molar-refractivity contribution in [3.8, 4) is 5.75 Å². The molecule has 0 atom stereocenters. The molecule has 0 bridgehead atoms. The zero-order valence-electron chi connectivity index (χ0n) is 13.1. The third kappa shape index (κ3) is 4.84. The molecule has 7 heteroatoms. The molecule has 0 unspecified atom stereocenters. The quantitative estimate of drug-likeness (QED) is 0.766. The Morgan fingerprint density at radius 3 is 2.54 bits per heavy atom. The van der Waals surface area contributed by atoms with E-state index in [4.69, 9.17) is 16.3 Å². The number of ether oxygens (including phenoxy) is 1. The van der Waals surface area contributed by atoms with E-state index in [0.29, 0.717) is 10.8 Å². The van der Waals surface area contributed by atoms with Crippen molar-refractivity contribution in [1.82, 2.24) is 5.32 Å². The number of carboxylic acids is 1. The number of halogens is 1. The van der Waals surface area contributed by atoms with Crippen molar-refractivity contribution >= 4 is 40.9 Å². The second-order valence-electron chi connectivity index (χ2n) is 5.09. The van der Waals surface area contributed by atoms with Crippen molar-refractivity contribution in [2.75, 3.05) is 6.61 Å². The summed E-state index contributed by atoms with van der Waals surface area (Å²) in [4.78, 5) is 23.9. The van der Waals surface area contributed by atoms with Gasteiger partial charge in [-0.05, 0) is 54.6 Å². The summed E-state index contributed by atoms with van der Waals surface area (Å²) in [5, 5.41) is 14.0. The number of hydrogen-bond donors (Lipinski definition) is 2. The molecule has 0 spiro atoms. The zero-order valence-corrected chi connectivity index (χ0v) is 14.7. The smallest absolute Gasteiger partial charge is 0.352 e. The van der Waals surface area contributed by atoms with Crippen LogP contribution in [0.4, 0.5) is 0 Å². The number of rotatable bonds is 6. The highest BCUT2D eigenvalue weighted by molar-refractivity contribution is 7.10. The van der Waals surface area contributed by atoms with Gasteiger partial charge in [-0.3, -0.25) is 4.79 Å². The Balaban J connectivity index is 2.00. The first-order chi connectivity index (χ1) is 11.4. The molecule has 1 heterocycles. The number of benzene rings is 1. The molecular weight excluding hydrogens is 350 g/mol. The predicted molar refractivity (Wildman–Crippen MR) is 94.5 cm³/mol. The summed E-state index contributed by atoms with van der Waals surface area (Å²) in [5.74, 6) is -1.26. The molecule has 126 valence electrons. The van der Waals surface area contributed by atoms with E-state index >= 15 is 0 Å². The molecule has 24 heavy (non-hydrogen) atoms. The highest BCUT2D eigenvalue weighted by Gasteiger charge is 2.13. The van der Waals surface area contributed by atoms with E-state index in [1.165, 1.54) is 17.4 Å². The van der Waals surface area contributed by atoms with Crippen LogP contribution in [0.15, 0.2) is 35.3 Å². The van der Waals surface area contributed by atoms with Crippen molar-refractivity contribution in [3.05, 3.63) is 56.4 Å². The number of thiophene rings is 1. The van der Waals surface area contributed by atoms with Gasteiger partial charge in [-0.15, -0.1) is 11.3 Å². The fourth-order valence-electron chi connectivity index (χ4n) is 1.99.